The van der Waals surface area contributed by atoms with Crippen molar-refractivity contribution in [2.75, 3.05) is 13.3 Å². The summed E-state index contributed by atoms with van der Waals surface area (Å²) >= 11 is 0. The van der Waals surface area contributed by atoms with E-state index in [0.29, 0.717) is 24.4 Å². The highest BCUT2D eigenvalue weighted by molar-refractivity contribution is 5.95. The van der Waals surface area contributed by atoms with Gasteiger partial charge in [-0.25, -0.2) is 0 Å². The molecule has 1 unspecified atom stereocenters. The molecule has 7 heteroatoms. The second kappa shape index (κ2) is 8.01. The normalized spacial score (nSPS) is 29.7. The molecule has 7 nitrogen and oxygen atoms in total. The van der Waals surface area contributed by atoms with Crippen molar-refractivity contribution >= 4 is 11.7 Å². The summed E-state index contributed by atoms with van der Waals surface area (Å²) in [6.07, 6.45) is 2.33. The van der Waals surface area contributed by atoms with E-state index in [-0.39, 0.29) is 36.5 Å². The Balaban J connectivity index is 1.36. The SMILES string of the molecule is CC(C)[C@@H]1[C@@H]2[C@H](C(=O)N1Cc1ccc3c(c1)OCO3)C(c1ccc(C(=N)N)cc1)N1CCC[C@@H]21. The number of hydrogen-bond donors (Lipinski definition) is 2. The molecule has 6 rings (SSSR count). The second-order valence-electron chi connectivity index (χ2n) is 10.4. The highest BCUT2D eigenvalue weighted by Crippen LogP contribution is 2.56. The highest BCUT2D eigenvalue weighted by Gasteiger charge is 2.62. The predicted molar refractivity (Wildman–Crippen MR) is 129 cm³/mol. The van der Waals surface area contributed by atoms with Crippen LogP contribution in [0.2, 0.25) is 0 Å². The summed E-state index contributed by atoms with van der Waals surface area (Å²) in [6.45, 7) is 6.38. The largest absolute Gasteiger partial charge is 0.454 e. The molecule has 178 valence electrons. The molecule has 0 aromatic heterocycles. The van der Waals surface area contributed by atoms with Crippen LogP contribution in [0.5, 0.6) is 11.5 Å². The van der Waals surface area contributed by atoms with Gasteiger partial charge in [-0.15, -0.1) is 0 Å². The third kappa shape index (κ3) is 3.21. The molecule has 3 saturated heterocycles. The van der Waals surface area contributed by atoms with E-state index >= 15 is 0 Å². The summed E-state index contributed by atoms with van der Waals surface area (Å²) in [6, 6.07) is 14.7. The number of carbonyl (C=O) groups is 1. The van der Waals surface area contributed by atoms with Crippen LogP contribution in [0.15, 0.2) is 42.5 Å². The predicted octanol–water partition coefficient (Wildman–Crippen LogP) is 3.52. The van der Waals surface area contributed by atoms with Crippen molar-refractivity contribution < 1.29 is 14.3 Å². The number of nitrogens with zero attached hydrogens (tertiary/aromatic N) is 2. The summed E-state index contributed by atoms with van der Waals surface area (Å²) < 4.78 is 11.0. The fourth-order valence-electron chi connectivity index (χ4n) is 7.00. The van der Waals surface area contributed by atoms with Crippen molar-refractivity contribution in [3.63, 3.8) is 0 Å². The molecule has 3 N–H and O–H groups in total. The highest BCUT2D eigenvalue weighted by atomic mass is 16.7. The summed E-state index contributed by atoms with van der Waals surface area (Å²) in [5, 5.41) is 7.73. The number of rotatable bonds is 5. The van der Waals surface area contributed by atoms with Crippen LogP contribution in [-0.2, 0) is 11.3 Å². The van der Waals surface area contributed by atoms with E-state index in [1.165, 1.54) is 6.42 Å². The zero-order valence-corrected chi connectivity index (χ0v) is 19.7. The van der Waals surface area contributed by atoms with Gasteiger partial charge in [0.05, 0.1) is 5.92 Å². The van der Waals surface area contributed by atoms with E-state index in [0.717, 1.165) is 41.2 Å². The summed E-state index contributed by atoms with van der Waals surface area (Å²) in [7, 11) is 0. The van der Waals surface area contributed by atoms with Crippen molar-refractivity contribution in [1.82, 2.24) is 9.80 Å². The van der Waals surface area contributed by atoms with E-state index in [9.17, 15) is 4.79 Å². The molecule has 4 aliphatic heterocycles. The van der Waals surface area contributed by atoms with E-state index in [2.05, 4.69) is 35.8 Å². The Morgan fingerprint density at radius 3 is 2.65 bits per heavy atom. The van der Waals surface area contributed by atoms with Gasteiger partial charge in [0, 0.05) is 36.2 Å². The zero-order valence-electron chi connectivity index (χ0n) is 19.7. The van der Waals surface area contributed by atoms with Crippen LogP contribution >= 0.6 is 0 Å². The van der Waals surface area contributed by atoms with Crippen LogP contribution in [-0.4, -0.2) is 47.0 Å². The van der Waals surface area contributed by atoms with Gasteiger partial charge in [0.15, 0.2) is 11.5 Å². The van der Waals surface area contributed by atoms with Crippen molar-refractivity contribution in [3.8, 4) is 11.5 Å². The first-order chi connectivity index (χ1) is 16.4. The van der Waals surface area contributed by atoms with Gasteiger partial charge in [0.2, 0.25) is 12.7 Å². The molecule has 3 fully saturated rings. The number of amidine groups is 1. The number of amides is 1. The molecule has 34 heavy (non-hydrogen) atoms. The number of ether oxygens (including phenoxy) is 2. The average Bonchev–Trinajstić information content (AvgIpc) is 3.57. The number of nitrogen functional groups attached to an aromatic ring is 1. The van der Waals surface area contributed by atoms with Gasteiger partial charge in [-0.3, -0.25) is 15.1 Å². The molecule has 0 bridgehead atoms. The Bertz CT molecular complexity index is 1130. The lowest BCUT2D eigenvalue weighted by Crippen LogP contribution is -2.44. The van der Waals surface area contributed by atoms with Gasteiger partial charge in [0.1, 0.15) is 5.84 Å². The van der Waals surface area contributed by atoms with Crippen LogP contribution in [0.1, 0.15) is 49.4 Å². The average molecular weight is 461 g/mol. The molecular formula is C27H32N4O3. The number of carbonyl (C=O) groups excluding carboxylic acids is 1. The van der Waals surface area contributed by atoms with Gasteiger partial charge in [-0.1, -0.05) is 44.2 Å². The monoisotopic (exact) mass is 460 g/mol. The van der Waals surface area contributed by atoms with Crippen molar-refractivity contribution in [2.24, 2.45) is 23.5 Å². The quantitative estimate of drug-likeness (QED) is 0.526. The number of nitrogens with one attached hydrogen (secondary N) is 1. The standard InChI is InChI=1S/C27H32N4O3/c1-15(2)24-22-19-4-3-11-30(19)25(17-6-8-18(9-7-17)26(28)29)23(22)27(32)31(24)13-16-5-10-20-21(12-16)34-14-33-20/h5-10,12,15,19,22-25H,3-4,11,13-14H2,1-2H3,(H3,28,29)/t19-,22-,23-,24+,25?/m0/s1. The van der Waals surface area contributed by atoms with Crippen LogP contribution in [0, 0.1) is 23.2 Å². The number of nitrogens with two attached hydrogens (primary N) is 1. The first-order valence-electron chi connectivity index (χ1n) is 12.3. The maximum atomic E-state index is 14.1. The minimum absolute atomic E-state index is 0.0464. The Morgan fingerprint density at radius 1 is 1.15 bits per heavy atom. The van der Waals surface area contributed by atoms with E-state index < -0.39 is 0 Å². The second-order valence-corrected chi connectivity index (χ2v) is 10.4. The van der Waals surface area contributed by atoms with Crippen molar-refractivity contribution in [3.05, 3.63) is 59.2 Å². The molecule has 2 aromatic carbocycles. The smallest absolute Gasteiger partial charge is 0.231 e. The van der Waals surface area contributed by atoms with E-state index in [4.69, 9.17) is 20.6 Å². The molecule has 4 heterocycles. The lowest BCUT2D eigenvalue weighted by atomic mass is 9.79. The summed E-state index contributed by atoms with van der Waals surface area (Å²) in [4.78, 5) is 18.8. The Kier molecular flexibility index (Phi) is 5.06. The Hall–Kier alpha value is -3.06. The number of hydrogen-bond acceptors (Lipinski definition) is 5. The molecular weight excluding hydrogens is 428 g/mol. The van der Waals surface area contributed by atoms with Gasteiger partial charge in [-0.2, -0.15) is 0 Å². The molecule has 2 aromatic rings. The molecule has 0 radical (unpaired) electrons. The Labute approximate surface area is 200 Å². The number of benzene rings is 2. The molecule has 1 amide bonds. The topological polar surface area (TPSA) is 91.9 Å². The number of likely N-dealkylation sites (tertiary alicyclic amines) is 1. The maximum absolute atomic E-state index is 14.1. The lowest BCUT2D eigenvalue weighted by Gasteiger charge is -2.35. The zero-order chi connectivity index (χ0) is 23.6. The van der Waals surface area contributed by atoms with Crippen LogP contribution in [0.4, 0.5) is 0 Å². The third-order valence-electron chi connectivity index (χ3n) is 8.26. The van der Waals surface area contributed by atoms with Gasteiger partial charge < -0.3 is 20.1 Å². The third-order valence-corrected chi connectivity index (χ3v) is 8.26. The first-order valence-corrected chi connectivity index (χ1v) is 12.3. The van der Waals surface area contributed by atoms with Crippen LogP contribution in [0.25, 0.3) is 0 Å². The Morgan fingerprint density at radius 2 is 1.91 bits per heavy atom. The van der Waals surface area contributed by atoms with Gasteiger partial charge in [0.25, 0.3) is 0 Å². The van der Waals surface area contributed by atoms with Gasteiger partial charge in [-0.05, 0) is 48.6 Å². The fraction of sp³-hybridized carbons (Fsp3) is 0.481. The van der Waals surface area contributed by atoms with Crippen LogP contribution in [0.3, 0.4) is 0 Å². The summed E-state index contributed by atoms with van der Waals surface area (Å²) in [5.74, 6) is 2.50. The maximum Gasteiger partial charge on any atom is 0.231 e. The summed E-state index contributed by atoms with van der Waals surface area (Å²) in [5.41, 5.74) is 8.64. The molecule has 0 spiro atoms. The van der Waals surface area contributed by atoms with Crippen molar-refractivity contribution in [1.29, 1.82) is 5.41 Å². The molecule has 4 aliphatic rings. The van der Waals surface area contributed by atoms with Crippen molar-refractivity contribution in [2.45, 2.75) is 51.4 Å². The van der Waals surface area contributed by atoms with Crippen LogP contribution < -0.4 is 15.2 Å². The molecule has 5 atom stereocenters. The fourth-order valence-corrected chi connectivity index (χ4v) is 7.00. The minimum Gasteiger partial charge on any atom is -0.454 e. The lowest BCUT2D eigenvalue weighted by molar-refractivity contribution is -0.134. The minimum atomic E-state index is -0.0464. The van der Waals surface area contributed by atoms with E-state index in [1.54, 1.807) is 0 Å². The molecule has 0 aliphatic carbocycles. The first kappa shape index (κ1) is 21.5. The number of fused-ring (bicyclic) bond motifs is 4. The van der Waals surface area contributed by atoms with Gasteiger partial charge >= 0.3 is 0 Å². The van der Waals surface area contributed by atoms with E-state index in [1.807, 2.05) is 30.3 Å². The molecule has 0 saturated carbocycles.